The standard InChI is InChI=1S/C24H24ClN5O3S/c1-2-30(12-19-26-16-11-13(25)7-8-14(16)22(32)28-19)20(31)10-9-18-27-23(33)21-15-5-3-4-6-17(15)34-24(21)29-18/h7-8,11H,2-6,9-10,12H2,1H3,(H,26,28,32)(H,27,29,33). The summed E-state index contributed by atoms with van der Waals surface area (Å²) < 4.78 is 0. The van der Waals surface area contributed by atoms with E-state index in [4.69, 9.17) is 11.6 Å². The summed E-state index contributed by atoms with van der Waals surface area (Å²) in [5.74, 6) is 0.809. The van der Waals surface area contributed by atoms with Crippen LogP contribution in [0.15, 0.2) is 27.8 Å². The minimum absolute atomic E-state index is 0.107. The first-order valence-corrected chi connectivity index (χ1v) is 12.6. The highest BCUT2D eigenvalue weighted by molar-refractivity contribution is 7.18. The third-order valence-corrected chi connectivity index (χ3v) is 7.66. The number of hydrogen-bond donors (Lipinski definition) is 2. The predicted octanol–water partition coefficient (Wildman–Crippen LogP) is 3.73. The topological polar surface area (TPSA) is 112 Å². The number of thiophene rings is 1. The summed E-state index contributed by atoms with van der Waals surface area (Å²) in [7, 11) is 0. The Morgan fingerprint density at radius 1 is 1.12 bits per heavy atom. The van der Waals surface area contributed by atoms with Gasteiger partial charge in [-0.25, -0.2) is 9.97 Å². The number of amides is 1. The molecule has 0 unspecified atom stereocenters. The molecule has 1 amide bonds. The van der Waals surface area contributed by atoms with Crippen molar-refractivity contribution < 1.29 is 4.79 Å². The number of aryl methyl sites for hydroxylation is 3. The molecule has 0 saturated heterocycles. The molecule has 3 heterocycles. The van der Waals surface area contributed by atoms with Crippen LogP contribution in [0.5, 0.6) is 0 Å². The van der Waals surface area contributed by atoms with Crippen LogP contribution < -0.4 is 11.1 Å². The van der Waals surface area contributed by atoms with Gasteiger partial charge >= 0.3 is 0 Å². The first kappa shape index (κ1) is 22.7. The third-order valence-electron chi connectivity index (χ3n) is 6.24. The van der Waals surface area contributed by atoms with E-state index in [1.807, 2.05) is 6.92 Å². The molecular weight excluding hydrogens is 474 g/mol. The Labute approximate surface area is 204 Å². The molecule has 0 saturated carbocycles. The van der Waals surface area contributed by atoms with Gasteiger partial charge in [-0.1, -0.05) is 11.6 Å². The van der Waals surface area contributed by atoms with Crippen LogP contribution in [0.2, 0.25) is 5.02 Å². The summed E-state index contributed by atoms with van der Waals surface area (Å²) >= 11 is 7.64. The highest BCUT2D eigenvalue weighted by Crippen LogP contribution is 2.33. The number of nitrogens with zero attached hydrogens (tertiary/aromatic N) is 3. The molecule has 0 bridgehead atoms. The van der Waals surface area contributed by atoms with Crippen molar-refractivity contribution >= 4 is 50.0 Å². The van der Waals surface area contributed by atoms with Crippen LogP contribution in [0.1, 0.15) is 48.3 Å². The lowest BCUT2D eigenvalue weighted by molar-refractivity contribution is -0.131. The van der Waals surface area contributed by atoms with Crippen molar-refractivity contribution in [2.24, 2.45) is 0 Å². The molecule has 1 aliphatic carbocycles. The number of benzene rings is 1. The highest BCUT2D eigenvalue weighted by Gasteiger charge is 2.20. The van der Waals surface area contributed by atoms with E-state index < -0.39 is 0 Å². The van der Waals surface area contributed by atoms with Gasteiger partial charge in [0.25, 0.3) is 11.1 Å². The number of aromatic nitrogens is 4. The molecule has 1 aromatic carbocycles. The molecule has 34 heavy (non-hydrogen) atoms. The number of rotatable bonds is 6. The first-order chi connectivity index (χ1) is 16.4. The fourth-order valence-corrected chi connectivity index (χ4v) is 5.95. The van der Waals surface area contributed by atoms with E-state index in [1.165, 1.54) is 4.88 Å². The van der Waals surface area contributed by atoms with Crippen LogP contribution in [0, 0.1) is 0 Å². The van der Waals surface area contributed by atoms with E-state index in [2.05, 4.69) is 19.9 Å². The molecule has 8 nitrogen and oxygen atoms in total. The quantitative estimate of drug-likeness (QED) is 0.421. The van der Waals surface area contributed by atoms with Crippen molar-refractivity contribution in [1.29, 1.82) is 0 Å². The van der Waals surface area contributed by atoms with Gasteiger partial charge in [0.15, 0.2) is 0 Å². The molecule has 0 atom stereocenters. The second-order valence-electron chi connectivity index (χ2n) is 8.49. The summed E-state index contributed by atoms with van der Waals surface area (Å²) in [4.78, 5) is 56.5. The van der Waals surface area contributed by atoms with Crippen molar-refractivity contribution in [1.82, 2.24) is 24.8 Å². The molecule has 0 fully saturated rings. The van der Waals surface area contributed by atoms with Gasteiger partial charge in [-0.2, -0.15) is 0 Å². The van der Waals surface area contributed by atoms with E-state index in [9.17, 15) is 14.4 Å². The second-order valence-corrected chi connectivity index (χ2v) is 10.0. The van der Waals surface area contributed by atoms with Crippen LogP contribution in [0.3, 0.4) is 0 Å². The van der Waals surface area contributed by atoms with E-state index in [1.54, 1.807) is 34.4 Å². The Bertz CT molecular complexity index is 1520. The molecule has 5 rings (SSSR count). The van der Waals surface area contributed by atoms with Crippen molar-refractivity contribution in [3.8, 4) is 0 Å². The number of fused-ring (bicyclic) bond motifs is 4. The summed E-state index contributed by atoms with van der Waals surface area (Å²) in [6.07, 6.45) is 4.71. The van der Waals surface area contributed by atoms with E-state index in [-0.39, 0.29) is 30.0 Å². The van der Waals surface area contributed by atoms with E-state index in [0.29, 0.717) is 40.5 Å². The van der Waals surface area contributed by atoms with Crippen molar-refractivity contribution in [2.75, 3.05) is 6.54 Å². The third kappa shape index (κ3) is 4.37. The van der Waals surface area contributed by atoms with Crippen LogP contribution in [-0.4, -0.2) is 37.3 Å². The zero-order valence-electron chi connectivity index (χ0n) is 18.7. The molecule has 1 aliphatic rings. The monoisotopic (exact) mass is 497 g/mol. The average molecular weight is 498 g/mol. The smallest absolute Gasteiger partial charge is 0.259 e. The SMILES string of the molecule is CCN(Cc1nc2cc(Cl)ccc2c(=O)[nH]1)C(=O)CCc1nc2sc3c(c2c(=O)[nH]1)CCCC3. The Kier molecular flexibility index (Phi) is 6.22. The van der Waals surface area contributed by atoms with Gasteiger partial charge in [0.05, 0.1) is 22.8 Å². The molecule has 10 heteroatoms. The lowest BCUT2D eigenvalue weighted by Gasteiger charge is -2.20. The van der Waals surface area contributed by atoms with Crippen molar-refractivity contribution in [3.05, 3.63) is 66.0 Å². The second kappa shape index (κ2) is 9.31. The Hall–Kier alpha value is -3.04. The maximum Gasteiger partial charge on any atom is 0.259 e. The number of carbonyl (C=O) groups is 1. The lowest BCUT2D eigenvalue weighted by Crippen LogP contribution is -2.32. The fraction of sp³-hybridized carbons (Fsp3) is 0.375. The lowest BCUT2D eigenvalue weighted by atomic mass is 9.97. The Balaban J connectivity index is 1.31. The minimum atomic E-state index is -0.270. The largest absolute Gasteiger partial charge is 0.335 e. The Morgan fingerprint density at radius 2 is 1.91 bits per heavy atom. The van der Waals surface area contributed by atoms with Crippen molar-refractivity contribution in [2.45, 2.75) is 52.0 Å². The molecule has 0 radical (unpaired) electrons. The van der Waals surface area contributed by atoms with E-state index in [0.717, 1.165) is 41.5 Å². The normalized spacial score (nSPS) is 13.4. The van der Waals surface area contributed by atoms with Gasteiger partial charge in [0, 0.05) is 29.3 Å². The van der Waals surface area contributed by atoms with Gasteiger partial charge in [-0.05, 0) is 56.4 Å². The van der Waals surface area contributed by atoms with Crippen molar-refractivity contribution in [3.63, 3.8) is 0 Å². The first-order valence-electron chi connectivity index (χ1n) is 11.4. The predicted molar refractivity (Wildman–Crippen MR) is 134 cm³/mol. The maximum absolute atomic E-state index is 12.9. The molecule has 176 valence electrons. The molecule has 4 aromatic rings. The zero-order valence-corrected chi connectivity index (χ0v) is 20.3. The summed E-state index contributed by atoms with van der Waals surface area (Å²) in [6, 6.07) is 4.91. The van der Waals surface area contributed by atoms with Gasteiger partial charge in [0.2, 0.25) is 5.91 Å². The summed E-state index contributed by atoms with van der Waals surface area (Å²) in [5.41, 5.74) is 1.26. The minimum Gasteiger partial charge on any atom is -0.335 e. The molecule has 3 aromatic heterocycles. The molecular formula is C24H24ClN5O3S. The number of halogens is 1. The highest BCUT2D eigenvalue weighted by atomic mass is 35.5. The summed E-state index contributed by atoms with van der Waals surface area (Å²) in [6.45, 7) is 2.50. The maximum atomic E-state index is 12.9. The number of hydrogen-bond acceptors (Lipinski definition) is 6. The number of H-pyrrole nitrogens is 2. The Morgan fingerprint density at radius 3 is 2.74 bits per heavy atom. The molecule has 0 aliphatic heterocycles. The van der Waals surface area contributed by atoms with E-state index >= 15 is 0 Å². The molecule has 2 N–H and O–H groups in total. The van der Waals surface area contributed by atoms with Crippen LogP contribution in [-0.2, 0) is 30.6 Å². The van der Waals surface area contributed by atoms with Crippen LogP contribution in [0.4, 0.5) is 0 Å². The van der Waals surface area contributed by atoms with Gasteiger partial charge in [-0.3, -0.25) is 14.4 Å². The van der Waals surface area contributed by atoms with Crippen LogP contribution in [0.25, 0.3) is 21.1 Å². The van der Waals surface area contributed by atoms with Gasteiger partial charge < -0.3 is 14.9 Å². The number of aromatic amines is 2. The number of nitrogens with one attached hydrogen (secondary N) is 2. The zero-order chi connectivity index (χ0) is 23.8. The van der Waals surface area contributed by atoms with Crippen LogP contribution >= 0.6 is 22.9 Å². The average Bonchev–Trinajstić information content (AvgIpc) is 3.19. The molecule has 0 spiro atoms. The van der Waals surface area contributed by atoms with Gasteiger partial charge in [-0.15, -0.1) is 11.3 Å². The summed E-state index contributed by atoms with van der Waals surface area (Å²) in [5, 5.41) is 1.66. The fourth-order valence-electron chi connectivity index (χ4n) is 4.50. The number of carbonyl (C=O) groups excluding carboxylic acids is 1. The van der Waals surface area contributed by atoms with Gasteiger partial charge in [0.1, 0.15) is 16.5 Å².